The number of nitrogens with zero attached hydrogens (tertiary/aromatic N) is 1. The fourth-order valence-corrected chi connectivity index (χ4v) is 6.78. The van der Waals surface area contributed by atoms with E-state index in [-0.39, 0.29) is 22.4 Å². The number of aromatic hydroxyl groups is 1. The van der Waals surface area contributed by atoms with Crippen LogP contribution in [0.4, 0.5) is 0 Å². The number of aliphatic imine (C=N–C) groups is 1. The van der Waals surface area contributed by atoms with Gasteiger partial charge in [0, 0.05) is 55.8 Å². The van der Waals surface area contributed by atoms with Gasteiger partial charge in [-0.25, -0.2) is 4.99 Å². The summed E-state index contributed by atoms with van der Waals surface area (Å²) >= 11 is 0. The van der Waals surface area contributed by atoms with Gasteiger partial charge in [0.15, 0.2) is 5.78 Å². The van der Waals surface area contributed by atoms with Crippen LogP contribution in [0.25, 0.3) is 0 Å². The highest BCUT2D eigenvalue weighted by Crippen LogP contribution is 2.48. The standard InChI is InChI=1S/C38H45NO13/c1-16-11-10-12-17(2)37(48)39-28-23(15-40)32(45)25-26(33(28)46)31(44)21(6)35-27(25)36(47)38(8,52-35)50-14-13-24(49-9)18(3)34(51-22(7)41)20(5)30(43)19(4)29(16)42/h10-16,18-20,24,29-30,34,40,42-44H,1-9H3/t16-,18+,19+,20+,24-,29-,30+,34+,38-/m0/s1. The first kappa shape index (κ1) is 39.9. The van der Waals surface area contributed by atoms with Gasteiger partial charge < -0.3 is 39.4 Å². The van der Waals surface area contributed by atoms with Gasteiger partial charge in [-0.15, -0.1) is 0 Å². The van der Waals surface area contributed by atoms with Crippen molar-refractivity contribution in [1.82, 2.24) is 0 Å². The van der Waals surface area contributed by atoms with Crippen molar-refractivity contribution in [3.8, 4) is 11.5 Å². The van der Waals surface area contributed by atoms with Crippen LogP contribution >= 0.6 is 0 Å². The Bertz CT molecular complexity index is 1840. The smallest absolute Gasteiger partial charge is 0.312 e. The first-order valence-electron chi connectivity index (χ1n) is 16.8. The molecule has 1 aromatic carbocycles. The van der Waals surface area contributed by atoms with E-state index in [2.05, 4.69) is 4.99 Å². The Labute approximate surface area is 301 Å². The van der Waals surface area contributed by atoms with Crippen molar-refractivity contribution in [2.45, 2.75) is 85.6 Å². The zero-order valence-electron chi connectivity index (χ0n) is 30.5. The summed E-state index contributed by atoms with van der Waals surface area (Å²) in [6.45, 7) is 12.0. The Kier molecular flexibility index (Phi) is 11.8. The summed E-state index contributed by atoms with van der Waals surface area (Å²) in [5, 5.41) is 43.8. The van der Waals surface area contributed by atoms with Gasteiger partial charge in [0.25, 0.3) is 11.7 Å². The molecule has 3 aliphatic heterocycles. The number of fused-ring (bicyclic) bond motifs is 14. The lowest BCUT2D eigenvalue weighted by Gasteiger charge is -2.38. The molecule has 1 aromatic rings. The number of aliphatic hydroxyl groups excluding tert-OH is 3. The SMILES string of the molecule is CO[C@H]1C=CO[C@@]2(C)Oc3c(C)c(O)c4c(c3C2=O)C(=O)C(=CO)C(=NC(=O)C(C)=CC=C[C@H](C)[C@H](O)[C@@H](C)[C@@H](O)[C@@H](C)[C@H](OC(C)=O)[C@@H]1C)C4=O. The molecule has 5 rings (SSSR count). The van der Waals surface area contributed by atoms with Gasteiger partial charge in [-0.3, -0.25) is 24.0 Å². The molecular weight excluding hydrogens is 678 g/mol. The maximum Gasteiger partial charge on any atom is 0.312 e. The Hall–Kier alpha value is -4.92. The molecule has 0 saturated carbocycles. The first-order chi connectivity index (χ1) is 24.3. The third kappa shape index (κ3) is 7.10. The third-order valence-corrected chi connectivity index (χ3v) is 10.1. The normalized spacial score (nSPS) is 32.3. The molecule has 3 heterocycles. The van der Waals surface area contributed by atoms with Crippen LogP contribution in [0.2, 0.25) is 0 Å². The highest BCUT2D eigenvalue weighted by Gasteiger charge is 2.53. The molecule has 4 aliphatic rings. The number of phenols is 1. The molecule has 0 aromatic heterocycles. The average Bonchev–Trinajstić information content (AvgIpc) is 3.36. The fraction of sp³-hybridized carbons (Fsp3) is 0.474. The largest absolute Gasteiger partial charge is 0.515 e. The van der Waals surface area contributed by atoms with E-state index in [1.807, 2.05) is 0 Å². The molecule has 1 amide bonds. The molecule has 52 heavy (non-hydrogen) atoms. The van der Waals surface area contributed by atoms with Crippen LogP contribution < -0.4 is 4.74 Å². The average molecular weight is 724 g/mol. The molecular formula is C38H45NO13. The summed E-state index contributed by atoms with van der Waals surface area (Å²) in [6.07, 6.45) is 3.32. The van der Waals surface area contributed by atoms with Crippen molar-refractivity contribution in [2.24, 2.45) is 28.7 Å². The van der Waals surface area contributed by atoms with Crippen LogP contribution in [-0.4, -0.2) is 92.7 Å². The van der Waals surface area contributed by atoms with Crippen molar-refractivity contribution in [2.75, 3.05) is 7.11 Å². The van der Waals surface area contributed by atoms with E-state index in [9.17, 15) is 44.4 Å². The van der Waals surface area contributed by atoms with Gasteiger partial charge in [0.1, 0.15) is 23.3 Å². The molecule has 14 nitrogen and oxygen atoms in total. The molecule has 14 heteroatoms. The summed E-state index contributed by atoms with van der Waals surface area (Å²) in [6, 6.07) is 0. The second kappa shape index (κ2) is 15.4. The lowest BCUT2D eigenvalue weighted by molar-refractivity contribution is -0.160. The van der Waals surface area contributed by atoms with E-state index >= 15 is 0 Å². The number of phenolic OH excluding ortho intramolecular Hbond substituents is 1. The number of hydrogen-bond donors (Lipinski definition) is 4. The third-order valence-electron chi connectivity index (χ3n) is 10.1. The Balaban J connectivity index is 1.91. The number of allylic oxidation sites excluding steroid dienone is 3. The number of ketones is 3. The van der Waals surface area contributed by atoms with Crippen LogP contribution in [0.15, 0.2) is 53.0 Å². The van der Waals surface area contributed by atoms with E-state index in [1.54, 1.807) is 33.8 Å². The van der Waals surface area contributed by atoms with E-state index in [4.69, 9.17) is 18.9 Å². The van der Waals surface area contributed by atoms with Gasteiger partial charge >= 0.3 is 11.8 Å². The number of aliphatic hydroxyl groups is 3. The topological polar surface area (TPSA) is 216 Å². The molecule has 5 bridgehead atoms. The van der Waals surface area contributed by atoms with Gasteiger partial charge in [0.2, 0.25) is 5.78 Å². The van der Waals surface area contributed by atoms with Gasteiger partial charge in [-0.2, -0.15) is 0 Å². The zero-order valence-corrected chi connectivity index (χ0v) is 30.5. The molecule has 0 spiro atoms. The number of methoxy groups -OCH3 is 1. The lowest BCUT2D eigenvalue weighted by atomic mass is 9.78. The number of rotatable bonds is 2. The minimum absolute atomic E-state index is 0.00903. The number of esters is 1. The molecule has 0 unspecified atom stereocenters. The van der Waals surface area contributed by atoms with Crippen LogP contribution in [-0.2, 0) is 23.8 Å². The summed E-state index contributed by atoms with van der Waals surface area (Å²) in [5.74, 6) is -10.2. The van der Waals surface area contributed by atoms with E-state index in [0.29, 0.717) is 6.26 Å². The second-order valence-electron chi connectivity index (χ2n) is 13.6. The van der Waals surface area contributed by atoms with Gasteiger partial charge in [0.05, 0.1) is 53.1 Å². The van der Waals surface area contributed by atoms with Crippen LogP contribution in [0.5, 0.6) is 11.5 Å². The first-order valence-corrected chi connectivity index (χ1v) is 16.8. The monoisotopic (exact) mass is 723 g/mol. The maximum atomic E-state index is 14.0. The molecule has 9 atom stereocenters. The van der Waals surface area contributed by atoms with Crippen LogP contribution in [0.1, 0.15) is 85.1 Å². The van der Waals surface area contributed by atoms with Crippen molar-refractivity contribution in [3.05, 3.63) is 70.2 Å². The van der Waals surface area contributed by atoms with E-state index < -0.39 is 111 Å². The molecule has 280 valence electrons. The second-order valence-corrected chi connectivity index (χ2v) is 13.6. The van der Waals surface area contributed by atoms with E-state index in [0.717, 1.165) is 6.26 Å². The zero-order chi connectivity index (χ0) is 39.0. The molecule has 0 fully saturated rings. The summed E-state index contributed by atoms with van der Waals surface area (Å²) in [7, 11) is 1.40. The quantitative estimate of drug-likeness (QED) is 0.193. The predicted octanol–water partition coefficient (Wildman–Crippen LogP) is 4.04. The molecule has 0 saturated heterocycles. The van der Waals surface area contributed by atoms with Crippen molar-refractivity contribution in [3.63, 3.8) is 0 Å². The Morgan fingerprint density at radius 1 is 0.942 bits per heavy atom. The number of carbonyl (C=O) groups is 5. The summed E-state index contributed by atoms with van der Waals surface area (Å²) in [4.78, 5) is 70.9. The molecule has 4 N–H and O–H groups in total. The van der Waals surface area contributed by atoms with Gasteiger partial charge in [-0.1, -0.05) is 45.9 Å². The van der Waals surface area contributed by atoms with Crippen LogP contribution in [0, 0.1) is 30.6 Å². The number of ether oxygens (including phenoxy) is 4. The Morgan fingerprint density at radius 2 is 1.60 bits per heavy atom. The van der Waals surface area contributed by atoms with E-state index in [1.165, 1.54) is 53.0 Å². The summed E-state index contributed by atoms with van der Waals surface area (Å²) < 4.78 is 23.1. The number of amides is 1. The van der Waals surface area contributed by atoms with Crippen molar-refractivity contribution >= 4 is 34.9 Å². The van der Waals surface area contributed by atoms with Crippen molar-refractivity contribution in [1.29, 1.82) is 0 Å². The van der Waals surface area contributed by atoms with Crippen molar-refractivity contribution < 1.29 is 63.3 Å². The minimum atomic E-state index is -2.12. The van der Waals surface area contributed by atoms with Crippen LogP contribution in [0.3, 0.4) is 0 Å². The Morgan fingerprint density at radius 3 is 2.19 bits per heavy atom. The number of Topliss-reactive ketones (excluding diaryl/α,β-unsaturated/α-hetero) is 3. The molecule has 0 radical (unpaired) electrons. The lowest BCUT2D eigenvalue weighted by Crippen LogP contribution is -2.46. The number of carbonyl (C=O) groups excluding carboxylic acids is 5. The highest BCUT2D eigenvalue weighted by molar-refractivity contribution is 6.63. The number of benzene rings is 1. The fourth-order valence-electron chi connectivity index (χ4n) is 6.78. The summed E-state index contributed by atoms with van der Waals surface area (Å²) in [5.41, 5.74) is -3.01. The number of hydrogen-bond acceptors (Lipinski definition) is 13. The highest BCUT2D eigenvalue weighted by atomic mass is 16.7. The minimum Gasteiger partial charge on any atom is -0.515 e. The predicted molar refractivity (Wildman–Crippen MR) is 186 cm³/mol. The van der Waals surface area contributed by atoms with Gasteiger partial charge in [-0.05, 0) is 19.9 Å². The molecule has 1 aliphatic carbocycles. The maximum absolute atomic E-state index is 14.0.